The quantitative estimate of drug-likeness (QED) is 0.270. The number of halogens is 1. The molecule has 0 spiro atoms. The van der Waals surface area contributed by atoms with E-state index in [0.717, 1.165) is 0 Å². The molecule has 1 atom stereocenters. The number of Topliss-reactive ketones (excluding diaryl/α,β-unsaturated/α-hetero) is 1. The number of ketones is 1. The molecule has 0 fully saturated rings. The van der Waals surface area contributed by atoms with Crippen LogP contribution in [0.3, 0.4) is 0 Å². The minimum atomic E-state index is -1.37. The molecule has 3 nitrogen and oxygen atoms in total. The maximum atomic E-state index is 12.6. The maximum Gasteiger partial charge on any atom is 0.336 e. The number of esters is 1. The van der Waals surface area contributed by atoms with Gasteiger partial charge in [-0.1, -0.05) is 71.4 Å². The van der Waals surface area contributed by atoms with Crippen molar-refractivity contribution >= 4 is 27.7 Å². The number of para-hydroxylation sites is 1. The number of carbonyl (C=O) groups excluding carboxylic acids is 2. The fraction of sp³-hybridized carbons (Fsp3) is 0.176. The van der Waals surface area contributed by atoms with Gasteiger partial charge in [0.25, 0.3) is 0 Å². The Bertz CT molecular complexity index is 625. The molecule has 0 aliphatic heterocycles. The number of ether oxygens (including phenoxy) is 1. The van der Waals surface area contributed by atoms with Gasteiger partial charge in [-0.3, -0.25) is 4.79 Å². The van der Waals surface area contributed by atoms with Gasteiger partial charge in [-0.15, -0.1) is 0 Å². The van der Waals surface area contributed by atoms with E-state index in [1.807, 2.05) is 12.1 Å². The topological polar surface area (TPSA) is 43.4 Å². The number of rotatable bonds is 5. The molecule has 0 aliphatic carbocycles. The molecule has 0 saturated heterocycles. The van der Waals surface area contributed by atoms with Crippen LogP contribution in [0.1, 0.15) is 23.7 Å². The zero-order chi connectivity index (χ0) is 15.3. The van der Waals surface area contributed by atoms with Crippen molar-refractivity contribution in [2.75, 3.05) is 0 Å². The van der Waals surface area contributed by atoms with Crippen LogP contribution in [0.15, 0.2) is 60.7 Å². The summed E-state index contributed by atoms with van der Waals surface area (Å²) in [5, 5.41) is 0. The second-order valence-corrected chi connectivity index (χ2v) is 5.91. The lowest BCUT2D eigenvalue weighted by Crippen LogP contribution is -2.43. The molecule has 2 aromatic carbocycles. The summed E-state index contributed by atoms with van der Waals surface area (Å²) in [7, 11) is 0. The third kappa shape index (κ3) is 3.39. The number of benzene rings is 2. The van der Waals surface area contributed by atoms with Crippen LogP contribution in [0.2, 0.25) is 0 Å². The van der Waals surface area contributed by atoms with Crippen molar-refractivity contribution in [1.82, 2.24) is 0 Å². The van der Waals surface area contributed by atoms with Crippen LogP contribution in [0, 0.1) is 0 Å². The van der Waals surface area contributed by atoms with E-state index in [2.05, 4.69) is 15.9 Å². The summed E-state index contributed by atoms with van der Waals surface area (Å²) in [5.74, 6) is -0.489. The van der Waals surface area contributed by atoms with Crippen LogP contribution in [0.5, 0.6) is 5.75 Å². The Morgan fingerprint density at radius 3 is 2.05 bits per heavy atom. The van der Waals surface area contributed by atoms with Crippen LogP contribution in [-0.2, 0) is 4.79 Å². The van der Waals surface area contributed by atoms with Crippen LogP contribution in [0.25, 0.3) is 0 Å². The molecule has 0 heterocycles. The van der Waals surface area contributed by atoms with Gasteiger partial charge < -0.3 is 4.74 Å². The van der Waals surface area contributed by atoms with E-state index in [1.165, 1.54) is 0 Å². The smallest absolute Gasteiger partial charge is 0.336 e. The predicted octanol–water partition coefficient (Wildman–Crippen LogP) is 4.02. The standard InChI is InChI=1S/C17H15BrO3/c1-2-17(18,15(19)13-9-5-3-6-10-13)16(20)21-14-11-7-4-8-12-14/h3-12H,2H2,1H3. The summed E-state index contributed by atoms with van der Waals surface area (Å²) >= 11 is 3.29. The van der Waals surface area contributed by atoms with Gasteiger partial charge in [-0.2, -0.15) is 0 Å². The van der Waals surface area contributed by atoms with E-state index in [4.69, 9.17) is 4.74 Å². The average molecular weight is 347 g/mol. The highest BCUT2D eigenvalue weighted by Crippen LogP contribution is 2.29. The second-order valence-electron chi connectivity index (χ2n) is 4.55. The zero-order valence-corrected chi connectivity index (χ0v) is 13.2. The molecule has 0 N–H and O–H groups in total. The summed E-state index contributed by atoms with van der Waals surface area (Å²) in [5.41, 5.74) is 0.473. The van der Waals surface area contributed by atoms with E-state index in [9.17, 15) is 9.59 Å². The third-order valence-electron chi connectivity index (χ3n) is 3.16. The number of hydrogen-bond donors (Lipinski definition) is 0. The third-order valence-corrected chi connectivity index (χ3v) is 4.40. The SMILES string of the molecule is CCC(Br)(C(=O)Oc1ccccc1)C(=O)c1ccccc1. The molecule has 0 bridgehead atoms. The van der Waals surface area contributed by atoms with E-state index in [-0.39, 0.29) is 5.78 Å². The molecule has 0 radical (unpaired) electrons. The fourth-order valence-corrected chi connectivity index (χ4v) is 2.20. The van der Waals surface area contributed by atoms with Crippen LogP contribution in [-0.4, -0.2) is 16.1 Å². The van der Waals surface area contributed by atoms with Crippen molar-refractivity contribution in [3.63, 3.8) is 0 Å². The summed E-state index contributed by atoms with van der Waals surface area (Å²) in [6.45, 7) is 1.77. The van der Waals surface area contributed by atoms with Gasteiger partial charge in [-0.05, 0) is 18.6 Å². The van der Waals surface area contributed by atoms with E-state index < -0.39 is 10.3 Å². The Balaban J connectivity index is 2.24. The molecule has 4 heteroatoms. The molecule has 0 aromatic heterocycles. The fourth-order valence-electron chi connectivity index (χ4n) is 1.89. The summed E-state index contributed by atoms with van der Waals surface area (Å²) in [4.78, 5) is 25.0. The molecular weight excluding hydrogens is 332 g/mol. The monoisotopic (exact) mass is 346 g/mol. The lowest BCUT2D eigenvalue weighted by atomic mass is 9.95. The van der Waals surface area contributed by atoms with Crippen LogP contribution >= 0.6 is 15.9 Å². The molecular formula is C17H15BrO3. The van der Waals surface area contributed by atoms with Gasteiger partial charge >= 0.3 is 5.97 Å². The maximum absolute atomic E-state index is 12.6. The van der Waals surface area contributed by atoms with E-state index in [0.29, 0.717) is 17.7 Å². The Morgan fingerprint density at radius 1 is 1.00 bits per heavy atom. The molecule has 1 unspecified atom stereocenters. The lowest BCUT2D eigenvalue weighted by Gasteiger charge is -2.22. The highest BCUT2D eigenvalue weighted by Gasteiger charge is 2.44. The molecule has 0 amide bonds. The minimum absolute atomic E-state index is 0.298. The van der Waals surface area contributed by atoms with Gasteiger partial charge in [0.05, 0.1) is 0 Å². The first kappa shape index (κ1) is 15.4. The first-order chi connectivity index (χ1) is 10.1. The molecule has 2 rings (SSSR count). The first-order valence-corrected chi connectivity index (χ1v) is 7.43. The molecule has 2 aromatic rings. The molecule has 0 aliphatic rings. The summed E-state index contributed by atoms with van der Waals surface area (Å²) < 4.78 is 3.94. The average Bonchev–Trinajstić information content (AvgIpc) is 2.55. The Labute approximate surface area is 132 Å². The Kier molecular flexibility index (Phi) is 4.91. The summed E-state index contributed by atoms with van der Waals surface area (Å²) in [6, 6.07) is 17.4. The largest absolute Gasteiger partial charge is 0.425 e. The Hall–Kier alpha value is -1.94. The van der Waals surface area contributed by atoms with E-state index >= 15 is 0 Å². The van der Waals surface area contributed by atoms with Crippen LogP contribution < -0.4 is 4.74 Å². The first-order valence-electron chi connectivity index (χ1n) is 6.64. The number of carbonyl (C=O) groups is 2. The van der Waals surface area contributed by atoms with Gasteiger partial charge in [0.15, 0.2) is 10.1 Å². The van der Waals surface area contributed by atoms with Crippen molar-refractivity contribution < 1.29 is 14.3 Å². The molecule has 108 valence electrons. The second kappa shape index (κ2) is 6.68. The lowest BCUT2D eigenvalue weighted by molar-refractivity contribution is -0.135. The van der Waals surface area contributed by atoms with Crippen molar-refractivity contribution in [2.45, 2.75) is 17.7 Å². The van der Waals surface area contributed by atoms with Crippen molar-refractivity contribution in [2.24, 2.45) is 0 Å². The molecule has 0 saturated carbocycles. The predicted molar refractivity (Wildman–Crippen MR) is 84.8 cm³/mol. The van der Waals surface area contributed by atoms with Crippen molar-refractivity contribution in [3.8, 4) is 5.75 Å². The summed E-state index contributed by atoms with van der Waals surface area (Å²) in [6.07, 6.45) is 0.298. The van der Waals surface area contributed by atoms with Gasteiger partial charge in [-0.25, -0.2) is 4.79 Å². The molecule has 21 heavy (non-hydrogen) atoms. The zero-order valence-electron chi connectivity index (χ0n) is 11.6. The number of alkyl halides is 1. The van der Waals surface area contributed by atoms with Gasteiger partial charge in [0, 0.05) is 5.56 Å². The van der Waals surface area contributed by atoms with Gasteiger partial charge in [0.2, 0.25) is 0 Å². The van der Waals surface area contributed by atoms with E-state index in [1.54, 1.807) is 55.5 Å². The van der Waals surface area contributed by atoms with Crippen molar-refractivity contribution in [1.29, 1.82) is 0 Å². The highest BCUT2D eigenvalue weighted by atomic mass is 79.9. The van der Waals surface area contributed by atoms with Gasteiger partial charge in [0.1, 0.15) is 5.75 Å². The minimum Gasteiger partial charge on any atom is -0.425 e. The highest BCUT2D eigenvalue weighted by molar-refractivity contribution is 9.10. The van der Waals surface area contributed by atoms with Crippen molar-refractivity contribution in [3.05, 3.63) is 66.2 Å². The van der Waals surface area contributed by atoms with Crippen LogP contribution in [0.4, 0.5) is 0 Å². The Morgan fingerprint density at radius 2 is 1.52 bits per heavy atom. The number of hydrogen-bond acceptors (Lipinski definition) is 3. The normalized spacial score (nSPS) is 13.2.